The number of nitrogens with one attached hydrogen (secondary N) is 1. The second kappa shape index (κ2) is 11.2. The lowest BCUT2D eigenvalue weighted by Gasteiger charge is -2.01. The van der Waals surface area contributed by atoms with Crippen molar-refractivity contribution in [3.63, 3.8) is 0 Å². The van der Waals surface area contributed by atoms with Crippen LogP contribution < -0.4 is 22.7 Å². The van der Waals surface area contributed by atoms with E-state index in [-0.39, 0.29) is 23.2 Å². The molecule has 0 radical (unpaired) electrons. The van der Waals surface area contributed by atoms with Gasteiger partial charge < -0.3 is 15.9 Å². The summed E-state index contributed by atoms with van der Waals surface area (Å²) in [4.78, 5) is 26.6. The summed E-state index contributed by atoms with van der Waals surface area (Å²) < 4.78 is 6.60. The summed E-state index contributed by atoms with van der Waals surface area (Å²) >= 11 is 9.68. The largest absolute Gasteiger partial charge is 0.414 e. The van der Waals surface area contributed by atoms with Gasteiger partial charge in [0.05, 0.1) is 12.4 Å². The van der Waals surface area contributed by atoms with E-state index in [4.69, 9.17) is 21.7 Å². The van der Waals surface area contributed by atoms with Crippen LogP contribution in [0.15, 0.2) is 50.3 Å². The van der Waals surface area contributed by atoms with Crippen molar-refractivity contribution in [3.8, 4) is 23.0 Å². The van der Waals surface area contributed by atoms with E-state index in [1.165, 1.54) is 18.0 Å². The second-order valence-electron chi connectivity index (χ2n) is 6.07. The lowest BCUT2D eigenvalue weighted by molar-refractivity contribution is 0.0949. The van der Waals surface area contributed by atoms with Crippen molar-refractivity contribution in [1.82, 2.24) is 35.6 Å². The van der Waals surface area contributed by atoms with Gasteiger partial charge in [-0.05, 0) is 49.6 Å². The van der Waals surface area contributed by atoms with E-state index in [9.17, 15) is 4.79 Å². The first-order valence-corrected chi connectivity index (χ1v) is 11.6. The molecule has 12 nitrogen and oxygen atoms in total. The third-order valence-electron chi connectivity index (χ3n) is 3.87. The molecular weight excluding hydrogens is 628 g/mol. The van der Waals surface area contributed by atoms with Gasteiger partial charge in [-0.2, -0.15) is 0 Å². The Labute approximate surface area is 212 Å². The third-order valence-corrected chi connectivity index (χ3v) is 5.28. The number of hydrogen-bond donors (Lipinski definition) is 4. The smallest absolute Gasteiger partial charge is 0.287 e. The number of carbonyl (C=O) groups excluding carboxylic acids is 1. The minimum absolute atomic E-state index is 0.00637. The Kier molecular flexibility index (Phi) is 8.37. The Hall–Kier alpha value is -3.01. The molecule has 0 fully saturated rings. The average molecular weight is 643 g/mol. The fourth-order valence-corrected chi connectivity index (χ4v) is 3.25. The number of alkyl halides is 1. The number of hydrogen-bond acceptors (Lipinski definition) is 11. The molecule has 33 heavy (non-hydrogen) atoms. The van der Waals surface area contributed by atoms with E-state index in [1.54, 1.807) is 0 Å². The van der Waals surface area contributed by atoms with Gasteiger partial charge in [-0.15, -0.1) is 10.2 Å². The van der Waals surface area contributed by atoms with Crippen LogP contribution >= 0.6 is 47.8 Å². The molecule has 0 aliphatic heterocycles. The number of rotatable bonds is 4. The summed E-state index contributed by atoms with van der Waals surface area (Å²) in [6.07, 6.45) is 2.90. The molecule has 1 aromatic carbocycles. The number of nitrogens with zero attached hydrogens (tertiary/aromatic N) is 6. The number of halogens is 3. The number of hydrazine groups is 1. The minimum Gasteiger partial charge on any atom is -0.414 e. The Bertz CT molecular complexity index is 1270. The highest BCUT2D eigenvalue weighted by molar-refractivity contribution is 9.10. The monoisotopic (exact) mass is 640 g/mol. The van der Waals surface area contributed by atoms with Gasteiger partial charge in [0.25, 0.3) is 11.8 Å². The molecule has 0 aliphatic rings. The van der Waals surface area contributed by atoms with Gasteiger partial charge in [-0.3, -0.25) is 10.2 Å². The highest BCUT2D eigenvalue weighted by atomic mass is 79.9. The van der Waals surface area contributed by atoms with Crippen molar-refractivity contribution in [2.45, 2.75) is 5.33 Å². The highest BCUT2D eigenvalue weighted by Crippen LogP contribution is 2.26. The number of aromatic nitrogens is 6. The van der Waals surface area contributed by atoms with E-state index in [1.807, 2.05) is 29.7 Å². The molecule has 0 spiro atoms. The lowest BCUT2D eigenvalue weighted by Crippen LogP contribution is -2.31. The quantitative estimate of drug-likeness (QED) is 0.110. The summed E-state index contributed by atoms with van der Waals surface area (Å²) in [7, 11) is 0. The van der Waals surface area contributed by atoms with E-state index in [0.717, 1.165) is 10.9 Å². The maximum absolute atomic E-state index is 10.9. The van der Waals surface area contributed by atoms with Crippen LogP contribution in [0.1, 0.15) is 16.1 Å². The van der Waals surface area contributed by atoms with Crippen LogP contribution in [0.5, 0.6) is 0 Å². The summed E-state index contributed by atoms with van der Waals surface area (Å²) in [5, 5.41) is 8.80. The Balaban J connectivity index is 0.000000218. The molecule has 0 bridgehead atoms. The molecule has 0 unspecified atom stereocenters. The van der Waals surface area contributed by atoms with Crippen molar-refractivity contribution in [1.29, 1.82) is 0 Å². The summed E-state index contributed by atoms with van der Waals surface area (Å²) in [5.74, 6) is 5.24. The lowest BCUT2D eigenvalue weighted by atomic mass is 10.1. The Morgan fingerprint density at radius 2 is 1.55 bits per heavy atom. The molecule has 0 atom stereocenters. The number of anilines is 2. The van der Waals surface area contributed by atoms with Crippen molar-refractivity contribution in [2.24, 2.45) is 5.84 Å². The molecule has 0 saturated carbocycles. The molecule has 0 saturated heterocycles. The predicted octanol–water partition coefficient (Wildman–Crippen LogP) is 2.86. The van der Waals surface area contributed by atoms with Gasteiger partial charge in [0, 0.05) is 10.9 Å². The van der Waals surface area contributed by atoms with Gasteiger partial charge in [0.1, 0.15) is 9.21 Å². The van der Waals surface area contributed by atoms with Crippen LogP contribution in [0.3, 0.4) is 0 Å². The molecular formula is C18H15Br3N10O2. The van der Waals surface area contributed by atoms with Gasteiger partial charge in [0.15, 0.2) is 23.0 Å². The van der Waals surface area contributed by atoms with Gasteiger partial charge in [0.2, 0.25) is 5.89 Å². The van der Waals surface area contributed by atoms with Crippen LogP contribution in [0.2, 0.25) is 0 Å². The minimum atomic E-state index is -0.568. The van der Waals surface area contributed by atoms with E-state index in [0.29, 0.717) is 20.8 Å². The Morgan fingerprint density at radius 1 is 0.939 bits per heavy atom. The standard InChI is InChI=1S/C13H9Br2N5O.C5H6BrN5O/c14-5-7-1-3-8(4-2-7)12-19-20-13(21-12)10-11(16)17-6-9(15)18-10;6-2-1-9-4(7)3(10-2)5(12)11-8/h1-4,6H,5H2,(H2,16,17);1H,8H2,(H2,7,9)(H,11,12). The van der Waals surface area contributed by atoms with Crippen molar-refractivity contribution in [3.05, 3.63) is 57.1 Å². The molecule has 3 heterocycles. The van der Waals surface area contributed by atoms with Crippen molar-refractivity contribution < 1.29 is 9.21 Å². The molecule has 1 amide bonds. The summed E-state index contributed by atoms with van der Waals surface area (Å²) in [6.45, 7) is 0. The van der Waals surface area contributed by atoms with Gasteiger partial charge >= 0.3 is 0 Å². The average Bonchev–Trinajstić information content (AvgIpc) is 3.32. The van der Waals surface area contributed by atoms with E-state index in [2.05, 4.69) is 77.9 Å². The summed E-state index contributed by atoms with van der Waals surface area (Å²) in [6, 6.07) is 7.82. The molecule has 0 aliphatic carbocycles. The van der Waals surface area contributed by atoms with Crippen molar-refractivity contribution >= 4 is 65.3 Å². The van der Waals surface area contributed by atoms with E-state index >= 15 is 0 Å². The molecule has 3 aromatic heterocycles. The number of nitrogens with two attached hydrogens (primary N) is 3. The number of amides is 1. The predicted molar refractivity (Wildman–Crippen MR) is 131 cm³/mol. The molecule has 4 rings (SSSR count). The first kappa shape index (κ1) is 24.6. The zero-order chi connectivity index (χ0) is 24.0. The zero-order valence-corrected chi connectivity index (χ0v) is 21.3. The molecule has 7 N–H and O–H groups in total. The van der Waals surface area contributed by atoms with Gasteiger partial charge in [-0.25, -0.2) is 25.8 Å². The summed E-state index contributed by atoms with van der Waals surface area (Å²) in [5.41, 5.74) is 15.4. The number of carbonyl (C=O) groups is 1. The fourth-order valence-electron chi connectivity index (χ4n) is 2.32. The Morgan fingerprint density at radius 3 is 2.18 bits per heavy atom. The van der Waals surface area contributed by atoms with Crippen LogP contribution in [-0.4, -0.2) is 36.0 Å². The van der Waals surface area contributed by atoms with Crippen molar-refractivity contribution in [2.75, 3.05) is 11.5 Å². The van der Waals surface area contributed by atoms with Crippen LogP contribution in [0, 0.1) is 0 Å². The van der Waals surface area contributed by atoms with Gasteiger partial charge in [-0.1, -0.05) is 28.1 Å². The highest BCUT2D eigenvalue weighted by Gasteiger charge is 2.15. The van der Waals surface area contributed by atoms with E-state index < -0.39 is 5.91 Å². The second-order valence-corrected chi connectivity index (χ2v) is 8.26. The topological polar surface area (TPSA) is 198 Å². The maximum atomic E-state index is 10.9. The zero-order valence-electron chi connectivity index (χ0n) is 16.5. The fraction of sp³-hybridized carbons (Fsp3) is 0.0556. The first-order chi connectivity index (χ1) is 15.8. The van der Waals surface area contributed by atoms with Crippen LogP contribution in [0.4, 0.5) is 11.6 Å². The molecule has 4 aromatic rings. The normalized spacial score (nSPS) is 10.3. The molecule has 15 heteroatoms. The third kappa shape index (κ3) is 6.28. The maximum Gasteiger partial charge on any atom is 0.287 e. The van der Waals surface area contributed by atoms with Crippen LogP contribution in [0.25, 0.3) is 23.0 Å². The van der Waals surface area contributed by atoms with Crippen LogP contribution in [-0.2, 0) is 5.33 Å². The molecule has 170 valence electrons. The SMILES string of the molecule is NNC(=O)c1nc(Br)cnc1N.Nc1ncc(Br)nc1-c1nnc(-c2ccc(CBr)cc2)o1. The number of benzene rings is 1. The number of nitrogen functional groups attached to an aromatic ring is 3. The first-order valence-electron chi connectivity index (χ1n) is 8.88.